The van der Waals surface area contributed by atoms with Crippen molar-refractivity contribution in [1.29, 1.82) is 0 Å². The standard InChI is InChI=1S/C15H16FN3O/c1-9-6-11(7-10(2)13(9)16)8-19-15-12(14(17)20)4-3-5-18-15/h3-7H,8H2,1-2H3,(H2,17,20)(H,18,19). The minimum atomic E-state index is -0.535. The number of benzene rings is 1. The summed E-state index contributed by atoms with van der Waals surface area (Å²) < 4.78 is 13.5. The molecular formula is C15H16FN3O. The maximum Gasteiger partial charge on any atom is 0.252 e. The van der Waals surface area contributed by atoms with Crippen molar-refractivity contribution >= 4 is 11.7 Å². The van der Waals surface area contributed by atoms with E-state index in [-0.39, 0.29) is 5.82 Å². The Labute approximate surface area is 116 Å². The molecule has 1 aromatic heterocycles. The zero-order valence-electron chi connectivity index (χ0n) is 11.4. The van der Waals surface area contributed by atoms with E-state index in [1.807, 2.05) is 0 Å². The molecule has 1 heterocycles. The lowest BCUT2D eigenvalue weighted by atomic mass is 10.1. The third-order valence-electron chi connectivity index (χ3n) is 3.03. The Kier molecular flexibility index (Phi) is 3.98. The molecule has 2 aromatic rings. The summed E-state index contributed by atoms with van der Waals surface area (Å²) in [6.07, 6.45) is 1.58. The monoisotopic (exact) mass is 273 g/mol. The second-order valence-electron chi connectivity index (χ2n) is 4.66. The van der Waals surface area contributed by atoms with Gasteiger partial charge in [-0.3, -0.25) is 4.79 Å². The summed E-state index contributed by atoms with van der Waals surface area (Å²) in [5, 5.41) is 3.05. The minimum absolute atomic E-state index is 0.190. The largest absolute Gasteiger partial charge is 0.365 e. The van der Waals surface area contributed by atoms with Gasteiger partial charge in [-0.1, -0.05) is 12.1 Å². The van der Waals surface area contributed by atoms with E-state index in [0.29, 0.717) is 29.1 Å². The van der Waals surface area contributed by atoms with Gasteiger partial charge in [0.25, 0.3) is 5.91 Å². The van der Waals surface area contributed by atoms with Crippen LogP contribution < -0.4 is 11.1 Å². The quantitative estimate of drug-likeness (QED) is 0.899. The van der Waals surface area contributed by atoms with Gasteiger partial charge < -0.3 is 11.1 Å². The second-order valence-corrected chi connectivity index (χ2v) is 4.66. The number of carbonyl (C=O) groups excluding carboxylic acids is 1. The molecule has 4 nitrogen and oxygen atoms in total. The van der Waals surface area contributed by atoms with Crippen LogP contribution in [0.2, 0.25) is 0 Å². The SMILES string of the molecule is Cc1cc(CNc2ncccc2C(N)=O)cc(C)c1F. The molecule has 0 aliphatic carbocycles. The summed E-state index contributed by atoms with van der Waals surface area (Å²) in [5.41, 5.74) is 7.73. The summed E-state index contributed by atoms with van der Waals surface area (Å²) in [6, 6.07) is 6.79. The number of primary amides is 1. The van der Waals surface area contributed by atoms with Crippen LogP contribution >= 0.6 is 0 Å². The number of carbonyl (C=O) groups is 1. The van der Waals surface area contributed by atoms with Gasteiger partial charge in [0, 0.05) is 12.7 Å². The van der Waals surface area contributed by atoms with E-state index in [1.54, 1.807) is 44.3 Å². The van der Waals surface area contributed by atoms with Crippen LogP contribution in [0.5, 0.6) is 0 Å². The highest BCUT2D eigenvalue weighted by Gasteiger charge is 2.09. The van der Waals surface area contributed by atoms with Gasteiger partial charge >= 0.3 is 0 Å². The van der Waals surface area contributed by atoms with Gasteiger partial charge in [-0.2, -0.15) is 0 Å². The molecule has 0 saturated heterocycles. The maximum absolute atomic E-state index is 13.5. The zero-order chi connectivity index (χ0) is 14.7. The van der Waals surface area contributed by atoms with Gasteiger partial charge in [0.2, 0.25) is 0 Å². The molecule has 20 heavy (non-hydrogen) atoms. The Morgan fingerprint density at radius 3 is 2.60 bits per heavy atom. The molecule has 5 heteroatoms. The first-order chi connectivity index (χ1) is 9.49. The van der Waals surface area contributed by atoms with Crippen LogP contribution in [0, 0.1) is 19.7 Å². The van der Waals surface area contributed by atoms with Gasteiger partial charge in [0.05, 0.1) is 5.56 Å². The molecule has 0 aliphatic heterocycles. The van der Waals surface area contributed by atoms with Crippen molar-refractivity contribution in [1.82, 2.24) is 4.98 Å². The maximum atomic E-state index is 13.5. The van der Waals surface area contributed by atoms with Crippen molar-refractivity contribution in [3.05, 3.63) is 58.5 Å². The molecule has 2 rings (SSSR count). The summed E-state index contributed by atoms with van der Waals surface area (Å²) >= 11 is 0. The number of anilines is 1. The molecule has 0 saturated carbocycles. The summed E-state index contributed by atoms with van der Waals surface area (Å²) in [4.78, 5) is 15.4. The molecule has 0 radical (unpaired) electrons. The highest BCUT2D eigenvalue weighted by Crippen LogP contribution is 2.17. The second kappa shape index (κ2) is 5.69. The molecule has 0 atom stereocenters. The van der Waals surface area contributed by atoms with Crippen LogP contribution in [-0.2, 0) is 6.54 Å². The van der Waals surface area contributed by atoms with Crippen LogP contribution in [-0.4, -0.2) is 10.9 Å². The van der Waals surface area contributed by atoms with Gasteiger partial charge in [0.15, 0.2) is 0 Å². The molecule has 104 valence electrons. The normalized spacial score (nSPS) is 10.3. The van der Waals surface area contributed by atoms with E-state index in [0.717, 1.165) is 5.56 Å². The lowest BCUT2D eigenvalue weighted by Crippen LogP contribution is -2.15. The topological polar surface area (TPSA) is 68.0 Å². The smallest absolute Gasteiger partial charge is 0.252 e. The van der Waals surface area contributed by atoms with Crippen molar-refractivity contribution in [3.63, 3.8) is 0 Å². The number of aryl methyl sites for hydroxylation is 2. The van der Waals surface area contributed by atoms with Crippen molar-refractivity contribution in [2.75, 3.05) is 5.32 Å². The molecule has 3 N–H and O–H groups in total. The van der Waals surface area contributed by atoms with Crippen molar-refractivity contribution in [2.24, 2.45) is 5.73 Å². The minimum Gasteiger partial charge on any atom is -0.365 e. The molecule has 0 spiro atoms. The third-order valence-corrected chi connectivity index (χ3v) is 3.03. The Bertz CT molecular complexity index is 632. The Morgan fingerprint density at radius 2 is 2.00 bits per heavy atom. The van der Waals surface area contributed by atoms with Crippen molar-refractivity contribution < 1.29 is 9.18 Å². The number of aromatic nitrogens is 1. The Hall–Kier alpha value is -2.43. The number of hydrogen-bond acceptors (Lipinski definition) is 3. The number of amides is 1. The summed E-state index contributed by atoms with van der Waals surface area (Å²) in [5.74, 6) is -0.295. The van der Waals surface area contributed by atoms with E-state index in [2.05, 4.69) is 10.3 Å². The van der Waals surface area contributed by atoms with Crippen molar-refractivity contribution in [2.45, 2.75) is 20.4 Å². The van der Waals surface area contributed by atoms with Crippen LogP contribution in [0.3, 0.4) is 0 Å². The number of nitrogens with two attached hydrogens (primary N) is 1. The van der Waals surface area contributed by atoms with E-state index in [9.17, 15) is 9.18 Å². The van der Waals surface area contributed by atoms with Gasteiger partial charge in [-0.05, 0) is 42.7 Å². The molecule has 0 unspecified atom stereocenters. The fourth-order valence-electron chi connectivity index (χ4n) is 2.07. The van der Waals surface area contributed by atoms with E-state index >= 15 is 0 Å². The Morgan fingerprint density at radius 1 is 1.35 bits per heavy atom. The number of nitrogens with zero attached hydrogens (tertiary/aromatic N) is 1. The summed E-state index contributed by atoms with van der Waals surface area (Å²) in [7, 11) is 0. The fraction of sp³-hybridized carbons (Fsp3) is 0.200. The highest BCUT2D eigenvalue weighted by molar-refractivity contribution is 5.97. The van der Waals surface area contributed by atoms with Gasteiger partial charge in [-0.25, -0.2) is 9.37 Å². The van der Waals surface area contributed by atoms with Gasteiger partial charge in [-0.15, -0.1) is 0 Å². The van der Waals surface area contributed by atoms with Crippen molar-refractivity contribution in [3.8, 4) is 0 Å². The number of nitrogens with one attached hydrogen (secondary N) is 1. The van der Waals surface area contributed by atoms with E-state index < -0.39 is 5.91 Å². The number of hydrogen-bond donors (Lipinski definition) is 2. The molecular weight excluding hydrogens is 257 g/mol. The van der Waals surface area contributed by atoms with Gasteiger partial charge in [0.1, 0.15) is 11.6 Å². The molecule has 1 aromatic carbocycles. The van der Waals surface area contributed by atoms with Crippen LogP contribution in [0.1, 0.15) is 27.0 Å². The fourth-order valence-corrected chi connectivity index (χ4v) is 2.07. The molecule has 0 bridgehead atoms. The molecule has 1 amide bonds. The first-order valence-corrected chi connectivity index (χ1v) is 6.23. The predicted octanol–water partition coefficient (Wildman–Crippen LogP) is 2.55. The zero-order valence-corrected chi connectivity index (χ0v) is 11.4. The Balaban J connectivity index is 2.19. The number of halogens is 1. The average Bonchev–Trinajstić information content (AvgIpc) is 2.42. The highest BCUT2D eigenvalue weighted by atomic mass is 19.1. The van der Waals surface area contributed by atoms with E-state index in [1.165, 1.54) is 0 Å². The first-order valence-electron chi connectivity index (χ1n) is 6.23. The third kappa shape index (κ3) is 2.93. The number of rotatable bonds is 4. The average molecular weight is 273 g/mol. The molecule has 0 aliphatic rings. The lowest BCUT2D eigenvalue weighted by molar-refractivity contribution is 0.100. The van der Waals surface area contributed by atoms with Crippen LogP contribution in [0.4, 0.5) is 10.2 Å². The number of pyridine rings is 1. The first kappa shape index (κ1) is 14.0. The predicted molar refractivity (Wildman–Crippen MR) is 76.0 cm³/mol. The van der Waals surface area contributed by atoms with Crippen LogP contribution in [0.25, 0.3) is 0 Å². The summed E-state index contributed by atoms with van der Waals surface area (Å²) in [6.45, 7) is 3.89. The van der Waals surface area contributed by atoms with E-state index in [4.69, 9.17) is 5.73 Å². The molecule has 0 fully saturated rings. The van der Waals surface area contributed by atoms with Crippen LogP contribution in [0.15, 0.2) is 30.5 Å². The lowest BCUT2D eigenvalue weighted by Gasteiger charge is -2.10.